The summed E-state index contributed by atoms with van der Waals surface area (Å²) in [5.74, 6) is -0.649. The Labute approximate surface area is 147 Å². The quantitative estimate of drug-likeness (QED) is 0.869. The molecule has 25 heavy (non-hydrogen) atoms. The minimum Gasteiger partial charge on any atom is -0.462 e. The van der Waals surface area contributed by atoms with Crippen molar-refractivity contribution in [1.82, 2.24) is 10.3 Å². The Bertz CT molecular complexity index is 827. The number of nitrogens with zero attached hydrogens (tertiary/aromatic N) is 1. The van der Waals surface area contributed by atoms with Crippen LogP contribution < -0.4 is 5.32 Å². The Morgan fingerprint density at radius 2 is 2.00 bits per heavy atom. The minimum absolute atomic E-state index is 0.124. The maximum atomic E-state index is 12.9. The van der Waals surface area contributed by atoms with Gasteiger partial charge >= 0.3 is 5.97 Å². The SMILES string of the molecule is Cc1ccc2nc3c(c(C(=O)NCC(=O)OC(C)C)c2c1)CCCC3. The second-order valence-corrected chi connectivity index (χ2v) is 6.86. The van der Waals surface area contributed by atoms with Crippen molar-refractivity contribution in [3.8, 4) is 0 Å². The number of fused-ring (bicyclic) bond motifs is 2. The molecule has 2 aromatic rings. The first-order valence-electron chi connectivity index (χ1n) is 8.85. The largest absolute Gasteiger partial charge is 0.462 e. The molecule has 0 saturated carbocycles. The molecule has 0 atom stereocenters. The fourth-order valence-corrected chi connectivity index (χ4v) is 3.34. The fourth-order valence-electron chi connectivity index (χ4n) is 3.34. The zero-order chi connectivity index (χ0) is 18.0. The van der Waals surface area contributed by atoms with Crippen molar-refractivity contribution >= 4 is 22.8 Å². The van der Waals surface area contributed by atoms with Crippen molar-refractivity contribution in [2.75, 3.05) is 6.54 Å². The number of aryl methyl sites for hydroxylation is 2. The molecule has 1 aliphatic carbocycles. The molecule has 0 unspecified atom stereocenters. The molecule has 1 aromatic heterocycles. The van der Waals surface area contributed by atoms with E-state index in [1.807, 2.05) is 25.1 Å². The van der Waals surface area contributed by atoms with Crippen LogP contribution in [0.15, 0.2) is 18.2 Å². The van der Waals surface area contributed by atoms with E-state index >= 15 is 0 Å². The second kappa shape index (κ2) is 7.21. The Morgan fingerprint density at radius 1 is 1.24 bits per heavy atom. The van der Waals surface area contributed by atoms with Gasteiger partial charge in [0.1, 0.15) is 6.54 Å². The zero-order valence-electron chi connectivity index (χ0n) is 15.0. The molecule has 5 heteroatoms. The highest BCUT2D eigenvalue weighted by molar-refractivity contribution is 6.08. The van der Waals surface area contributed by atoms with E-state index in [0.29, 0.717) is 5.56 Å². The lowest BCUT2D eigenvalue weighted by atomic mass is 9.89. The predicted octanol–water partition coefficient (Wildman–Crippen LogP) is 3.10. The summed E-state index contributed by atoms with van der Waals surface area (Å²) in [5, 5.41) is 3.58. The lowest BCUT2D eigenvalue weighted by Gasteiger charge is -2.20. The molecule has 1 amide bonds. The highest BCUT2D eigenvalue weighted by Crippen LogP contribution is 2.29. The van der Waals surface area contributed by atoms with Crippen molar-refractivity contribution in [2.45, 2.75) is 52.6 Å². The number of amides is 1. The third-order valence-corrected chi connectivity index (χ3v) is 4.40. The van der Waals surface area contributed by atoms with Crippen LogP contribution in [0.4, 0.5) is 0 Å². The standard InChI is InChI=1S/C20H24N2O3/c1-12(2)25-18(23)11-21-20(24)19-14-6-4-5-7-16(14)22-17-9-8-13(3)10-15(17)19/h8-10,12H,4-7,11H2,1-3H3,(H,21,24). The number of hydrogen-bond acceptors (Lipinski definition) is 4. The topological polar surface area (TPSA) is 68.3 Å². The number of rotatable bonds is 4. The van der Waals surface area contributed by atoms with Crippen LogP contribution in [0.1, 0.15) is 53.9 Å². The Morgan fingerprint density at radius 3 is 2.76 bits per heavy atom. The molecule has 0 spiro atoms. The molecule has 0 fully saturated rings. The third-order valence-electron chi connectivity index (χ3n) is 4.40. The highest BCUT2D eigenvalue weighted by atomic mass is 16.5. The van der Waals surface area contributed by atoms with Crippen LogP contribution in [0, 0.1) is 6.92 Å². The summed E-state index contributed by atoms with van der Waals surface area (Å²) in [6.07, 6.45) is 3.71. The van der Waals surface area contributed by atoms with E-state index in [0.717, 1.165) is 53.4 Å². The first-order chi connectivity index (χ1) is 12.0. The molecule has 5 nitrogen and oxygen atoms in total. The molecular weight excluding hydrogens is 316 g/mol. The summed E-state index contributed by atoms with van der Waals surface area (Å²) < 4.78 is 5.09. The molecule has 0 saturated heterocycles. The molecular formula is C20H24N2O3. The van der Waals surface area contributed by atoms with Crippen LogP contribution in [-0.2, 0) is 22.4 Å². The number of esters is 1. The van der Waals surface area contributed by atoms with E-state index < -0.39 is 5.97 Å². The monoisotopic (exact) mass is 340 g/mol. The van der Waals surface area contributed by atoms with E-state index in [2.05, 4.69) is 5.32 Å². The first-order valence-corrected chi connectivity index (χ1v) is 8.85. The molecule has 1 heterocycles. The zero-order valence-corrected chi connectivity index (χ0v) is 15.0. The van der Waals surface area contributed by atoms with Crippen molar-refractivity contribution in [3.05, 3.63) is 40.6 Å². The van der Waals surface area contributed by atoms with Gasteiger partial charge < -0.3 is 10.1 Å². The Kier molecular flexibility index (Phi) is 5.02. The Balaban J connectivity index is 1.97. The maximum Gasteiger partial charge on any atom is 0.325 e. The number of pyridine rings is 1. The number of carbonyl (C=O) groups excluding carboxylic acids is 2. The normalized spacial score (nSPS) is 13.6. The maximum absolute atomic E-state index is 12.9. The Hall–Kier alpha value is -2.43. The van der Waals surface area contributed by atoms with Gasteiger partial charge in [0.25, 0.3) is 5.91 Å². The number of hydrogen-bond donors (Lipinski definition) is 1. The molecule has 1 aliphatic rings. The lowest BCUT2D eigenvalue weighted by molar-refractivity contribution is -0.146. The van der Waals surface area contributed by atoms with Gasteiger partial charge in [0.15, 0.2) is 0 Å². The van der Waals surface area contributed by atoms with E-state index in [9.17, 15) is 9.59 Å². The van der Waals surface area contributed by atoms with Crippen LogP contribution in [0.5, 0.6) is 0 Å². The number of nitrogens with one attached hydrogen (secondary N) is 1. The summed E-state index contributed by atoms with van der Waals surface area (Å²) in [6, 6.07) is 5.97. The van der Waals surface area contributed by atoms with Crippen molar-refractivity contribution < 1.29 is 14.3 Å². The van der Waals surface area contributed by atoms with Gasteiger partial charge in [0.05, 0.1) is 17.2 Å². The summed E-state index contributed by atoms with van der Waals surface area (Å²) in [7, 11) is 0. The van der Waals surface area contributed by atoms with Gasteiger partial charge in [0, 0.05) is 11.1 Å². The van der Waals surface area contributed by atoms with Gasteiger partial charge in [-0.05, 0) is 64.2 Å². The third kappa shape index (κ3) is 3.81. The van der Waals surface area contributed by atoms with Gasteiger partial charge in [-0.1, -0.05) is 11.6 Å². The molecule has 1 N–H and O–H groups in total. The summed E-state index contributed by atoms with van der Waals surface area (Å²) >= 11 is 0. The van der Waals surface area contributed by atoms with E-state index in [1.54, 1.807) is 13.8 Å². The van der Waals surface area contributed by atoms with Crippen LogP contribution in [0.25, 0.3) is 10.9 Å². The van der Waals surface area contributed by atoms with E-state index in [1.165, 1.54) is 0 Å². The van der Waals surface area contributed by atoms with Gasteiger partial charge in [-0.2, -0.15) is 0 Å². The van der Waals surface area contributed by atoms with Crippen LogP contribution in [0.2, 0.25) is 0 Å². The average molecular weight is 340 g/mol. The average Bonchev–Trinajstić information content (AvgIpc) is 2.57. The minimum atomic E-state index is -0.424. The fraction of sp³-hybridized carbons (Fsp3) is 0.450. The molecule has 132 valence electrons. The molecule has 0 aliphatic heterocycles. The summed E-state index contributed by atoms with van der Waals surface area (Å²) in [4.78, 5) is 29.4. The number of ether oxygens (including phenoxy) is 1. The number of carbonyl (C=O) groups is 2. The van der Waals surface area contributed by atoms with E-state index in [4.69, 9.17) is 9.72 Å². The summed E-state index contributed by atoms with van der Waals surface area (Å²) in [5.41, 5.74) is 4.62. The van der Waals surface area contributed by atoms with Crippen LogP contribution in [-0.4, -0.2) is 29.5 Å². The smallest absolute Gasteiger partial charge is 0.325 e. The van der Waals surface area contributed by atoms with Gasteiger partial charge in [-0.15, -0.1) is 0 Å². The number of benzene rings is 1. The van der Waals surface area contributed by atoms with Gasteiger partial charge in [-0.3, -0.25) is 14.6 Å². The van der Waals surface area contributed by atoms with Crippen LogP contribution >= 0.6 is 0 Å². The van der Waals surface area contributed by atoms with Crippen molar-refractivity contribution in [3.63, 3.8) is 0 Å². The van der Waals surface area contributed by atoms with E-state index in [-0.39, 0.29) is 18.6 Å². The first kappa shape index (κ1) is 17.4. The van der Waals surface area contributed by atoms with Gasteiger partial charge in [0.2, 0.25) is 0 Å². The van der Waals surface area contributed by atoms with Gasteiger partial charge in [-0.25, -0.2) is 0 Å². The van der Waals surface area contributed by atoms with Crippen LogP contribution in [0.3, 0.4) is 0 Å². The molecule has 0 radical (unpaired) electrons. The number of aromatic nitrogens is 1. The lowest BCUT2D eigenvalue weighted by Crippen LogP contribution is -2.33. The molecule has 1 aromatic carbocycles. The molecule has 3 rings (SSSR count). The van der Waals surface area contributed by atoms with Crippen molar-refractivity contribution in [2.24, 2.45) is 0 Å². The van der Waals surface area contributed by atoms with Crippen molar-refractivity contribution in [1.29, 1.82) is 0 Å². The second-order valence-electron chi connectivity index (χ2n) is 6.86. The summed E-state index contributed by atoms with van der Waals surface area (Å²) in [6.45, 7) is 5.45. The highest BCUT2D eigenvalue weighted by Gasteiger charge is 2.23. The molecule has 0 bridgehead atoms. The predicted molar refractivity (Wildman–Crippen MR) is 96.7 cm³/mol.